The number of carboxylic acids is 2. The molecule has 0 bridgehead atoms. The maximum absolute atomic E-state index is 12.7. The van der Waals surface area contributed by atoms with Crippen LogP contribution in [0.15, 0.2) is 0 Å². The van der Waals surface area contributed by atoms with Crippen LogP contribution in [0.25, 0.3) is 0 Å². The lowest BCUT2D eigenvalue weighted by Gasteiger charge is -2.27. The van der Waals surface area contributed by atoms with Gasteiger partial charge in [0.25, 0.3) is 0 Å². The van der Waals surface area contributed by atoms with E-state index < -0.39 is 35.8 Å². The van der Waals surface area contributed by atoms with Crippen molar-refractivity contribution in [3.63, 3.8) is 0 Å². The lowest BCUT2D eigenvalue weighted by atomic mass is 9.82. The van der Waals surface area contributed by atoms with Crippen molar-refractivity contribution in [2.24, 2.45) is 17.1 Å². The van der Waals surface area contributed by atoms with E-state index in [4.69, 9.17) is 10.8 Å². The molecule has 0 heterocycles. The molecule has 0 aliphatic carbocycles. The van der Waals surface area contributed by atoms with Gasteiger partial charge < -0.3 is 31.9 Å². The van der Waals surface area contributed by atoms with Crippen LogP contribution >= 0.6 is 0 Å². The van der Waals surface area contributed by atoms with Gasteiger partial charge in [-0.05, 0) is 45.4 Å². The van der Waals surface area contributed by atoms with Crippen molar-refractivity contribution >= 4 is 23.8 Å². The van der Waals surface area contributed by atoms with E-state index in [1.165, 1.54) is 0 Å². The van der Waals surface area contributed by atoms with Crippen molar-refractivity contribution in [2.75, 3.05) is 13.1 Å². The highest BCUT2D eigenvalue weighted by Crippen LogP contribution is 2.27. The van der Waals surface area contributed by atoms with Crippen LogP contribution in [0.4, 0.5) is 0 Å². The SMILES string of the molecule is C.CC(C)(C)C[C@@H](CCC(=O)O)C(=O)NC(CCNC(=O)[C@H](CN)NC(C)(C)C)C(=O)O. The van der Waals surface area contributed by atoms with Crippen molar-refractivity contribution in [1.82, 2.24) is 16.0 Å². The standard InChI is InChI=1S/C21H40N4O6.CH4/c1-20(2,3)11-13(7-8-16(26)27)17(28)24-14(19(30)31)9-10-23-18(29)15(12-22)25-21(4,5)6;/h13-15,25H,7-12,22H2,1-6H3,(H,23,29)(H,24,28)(H,26,27)(H,30,31);1H4/t13-,14?,15+;/m1./s1. The molecule has 0 spiro atoms. The highest BCUT2D eigenvalue weighted by atomic mass is 16.4. The summed E-state index contributed by atoms with van der Waals surface area (Å²) in [5.74, 6) is -3.70. The van der Waals surface area contributed by atoms with Crippen molar-refractivity contribution in [3.05, 3.63) is 0 Å². The molecule has 2 amide bonds. The smallest absolute Gasteiger partial charge is 0.326 e. The number of carboxylic acid groups (broad SMARTS) is 2. The average molecular weight is 461 g/mol. The monoisotopic (exact) mass is 460 g/mol. The zero-order chi connectivity index (χ0) is 24.4. The summed E-state index contributed by atoms with van der Waals surface area (Å²) in [7, 11) is 0. The number of nitrogens with one attached hydrogen (secondary N) is 3. The normalized spacial score (nSPS) is 14.5. The highest BCUT2D eigenvalue weighted by Gasteiger charge is 2.29. The lowest BCUT2D eigenvalue weighted by Crippen LogP contribution is -2.55. The number of carbonyl (C=O) groups excluding carboxylic acids is 2. The van der Waals surface area contributed by atoms with Gasteiger partial charge in [0.15, 0.2) is 0 Å². The minimum Gasteiger partial charge on any atom is -0.481 e. The first-order chi connectivity index (χ1) is 14.1. The number of carbonyl (C=O) groups is 4. The Balaban J connectivity index is 0. The van der Waals surface area contributed by atoms with E-state index in [1.54, 1.807) is 0 Å². The van der Waals surface area contributed by atoms with E-state index in [-0.39, 0.29) is 56.6 Å². The molecule has 7 N–H and O–H groups in total. The fourth-order valence-electron chi connectivity index (χ4n) is 3.13. The molecule has 10 nitrogen and oxygen atoms in total. The number of hydrogen-bond acceptors (Lipinski definition) is 6. The second-order valence-corrected chi connectivity index (χ2v) is 10.1. The molecular formula is C22H44N4O6. The fraction of sp³-hybridized carbons (Fsp3) is 0.818. The molecule has 0 fully saturated rings. The van der Waals surface area contributed by atoms with Gasteiger partial charge in [0.05, 0.1) is 6.04 Å². The maximum atomic E-state index is 12.7. The first kappa shape index (κ1) is 32.0. The van der Waals surface area contributed by atoms with Crippen molar-refractivity contribution in [2.45, 2.75) is 92.3 Å². The Morgan fingerprint density at radius 1 is 0.906 bits per heavy atom. The molecule has 0 rings (SSSR count). The summed E-state index contributed by atoms with van der Waals surface area (Å²) in [6.45, 7) is 11.6. The fourth-order valence-corrected chi connectivity index (χ4v) is 3.13. The van der Waals surface area contributed by atoms with Crippen LogP contribution < -0.4 is 21.7 Å². The van der Waals surface area contributed by atoms with Crippen molar-refractivity contribution < 1.29 is 29.4 Å². The molecule has 0 saturated heterocycles. The number of amides is 2. The lowest BCUT2D eigenvalue weighted by molar-refractivity contribution is -0.143. The van der Waals surface area contributed by atoms with Crippen LogP contribution in [0.3, 0.4) is 0 Å². The molecule has 0 aliphatic heterocycles. The van der Waals surface area contributed by atoms with E-state index in [1.807, 2.05) is 41.5 Å². The molecule has 0 radical (unpaired) electrons. The number of aliphatic carboxylic acids is 2. The Kier molecular flexibility index (Phi) is 14.0. The van der Waals surface area contributed by atoms with Gasteiger partial charge >= 0.3 is 11.9 Å². The molecule has 0 aliphatic rings. The summed E-state index contributed by atoms with van der Waals surface area (Å²) in [5.41, 5.74) is 5.09. The van der Waals surface area contributed by atoms with Gasteiger partial charge in [-0.3, -0.25) is 14.4 Å². The van der Waals surface area contributed by atoms with Gasteiger partial charge in [0.2, 0.25) is 11.8 Å². The van der Waals surface area contributed by atoms with Gasteiger partial charge in [0.1, 0.15) is 6.04 Å². The Morgan fingerprint density at radius 3 is 1.88 bits per heavy atom. The summed E-state index contributed by atoms with van der Waals surface area (Å²) in [6.07, 6.45) is 0.355. The molecule has 0 aromatic rings. The van der Waals surface area contributed by atoms with Gasteiger partial charge in [-0.1, -0.05) is 28.2 Å². The molecule has 32 heavy (non-hydrogen) atoms. The quantitative estimate of drug-likeness (QED) is 0.239. The predicted octanol–water partition coefficient (Wildman–Crippen LogP) is 1.33. The predicted molar refractivity (Wildman–Crippen MR) is 124 cm³/mol. The Labute approximate surface area is 192 Å². The maximum Gasteiger partial charge on any atom is 0.326 e. The molecule has 3 atom stereocenters. The van der Waals surface area contributed by atoms with Gasteiger partial charge in [0, 0.05) is 31.0 Å². The molecular weight excluding hydrogens is 416 g/mol. The molecule has 10 heteroatoms. The highest BCUT2D eigenvalue weighted by molar-refractivity contribution is 5.85. The molecule has 0 aromatic heterocycles. The summed E-state index contributed by atoms with van der Waals surface area (Å²) in [6, 6.07) is -1.82. The van der Waals surface area contributed by atoms with Crippen LogP contribution in [0.5, 0.6) is 0 Å². The molecule has 0 aromatic carbocycles. The van der Waals surface area contributed by atoms with Crippen LogP contribution in [0.1, 0.15) is 74.7 Å². The number of rotatable bonds is 13. The second kappa shape index (κ2) is 14.1. The minimum atomic E-state index is -1.22. The van der Waals surface area contributed by atoms with Crippen LogP contribution in [0.2, 0.25) is 0 Å². The Hall–Kier alpha value is -2.20. The van der Waals surface area contributed by atoms with Gasteiger partial charge in [-0.25, -0.2) is 4.79 Å². The zero-order valence-corrected chi connectivity index (χ0v) is 19.6. The first-order valence-corrected chi connectivity index (χ1v) is 10.6. The topological polar surface area (TPSA) is 171 Å². The average Bonchev–Trinajstić information content (AvgIpc) is 2.59. The second-order valence-electron chi connectivity index (χ2n) is 10.1. The molecule has 1 unspecified atom stereocenters. The molecule has 188 valence electrons. The van der Waals surface area contributed by atoms with E-state index in [0.29, 0.717) is 6.42 Å². The number of hydrogen-bond donors (Lipinski definition) is 6. The summed E-state index contributed by atoms with van der Waals surface area (Å²) in [5, 5.41) is 26.6. The van der Waals surface area contributed by atoms with E-state index >= 15 is 0 Å². The van der Waals surface area contributed by atoms with Crippen LogP contribution in [-0.2, 0) is 19.2 Å². The minimum absolute atomic E-state index is 0. The third-order valence-electron chi connectivity index (χ3n) is 4.44. The van der Waals surface area contributed by atoms with E-state index in [2.05, 4.69) is 16.0 Å². The first-order valence-electron chi connectivity index (χ1n) is 10.6. The van der Waals surface area contributed by atoms with E-state index in [9.17, 15) is 24.3 Å². The summed E-state index contributed by atoms with van der Waals surface area (Å²) in [4.78, 5) is 47.5. The van der Waals surface area contributed by atoms with Crippen molar-refractivity contribution in [3.8, 4) is 0 Å². The van der Waals surface area contributed by atoms with Crippen LogP contribution in [0, 0.1) is 11.3 Å². The van der Waals surface area contributed by atoms with Gasteiger partial charge in [-0.2, -0.15) is 0 Å². The third-order valence-corrected chi connectivity index (χ3v) is 4.44. The third kappa shape index (κ3) is 14.7. The molecule has 0 saturated carbocycles. The zero-order valence-electron chi connectivity index (χ0n) is 19.6. The Morgan fingerprint density at radius 2 is 1.47 bits per heavy atom. The summed E-state index contributed by atoms with van der Waals surface area (Å²) < 4.78 is 0. The van der Waals surface area contributed by atoms with Crippen molar-refractivity contribution in [1.29, 1.82) is 0 Å². The van der Waals surface area contributed by atoms with E-state index in [0.717, 1.165) is 0 Å². The number of nitrogens with two attached hydrogens (primary N) is 1. The van der Waals surface area contributed by atoms with Gasteiger partial charge in [-0.15, -0.1) is 0 Å². The summed E-state index contributed by atoms with van der Waals surface area (Å²) >= 11 is 0. The Bertz CT molecular complexity index is 625. The van der Waals surface area contributed by atoms with Crippen LogP contribution in [-0.4, -0.2) is 64.7 Å². The largest absolute Gasteiger partial charge is 0.481 e.